The fraction of sp³-hybridized carbons (Fsp3) is 0.733. The van der Waals surface area contributed by atoms with Crippen molar-refractivity contribution in [3.05, 3.63) is 23.8 Å². The van der Waals surface area contributed by atoms with Crippen LogP contribution in [0, 0.1) is 0 Å². The Morgan fingerprint density at radius 1 is 1.25 bits per heavy atom. The Kier molecular flexibility index (Phi) is 10.8. The van der Waals surface area contributed by atoms with Gasteiger partial charge in [-0.3, -0.25) is 4.90 Å². The molecule has 2 aliphatic rings. The maximum atomic E-state index is 2.62. The molecule has 0 aromatic rings. The van der Waals surface area contributed by atoms with Gasteiger partial charge in [-0.15, -0.1) is 0 Å². The second kappa shape index (κ2) is 9.65. The van der Waals surface area contributed by atoms with Crippen LogP contribution in [0.2, 0.25) is 0 Å². The van der Waals surface area contributed by atoms with E-state index in [1.807, 2.05) is 13.8 Å². The zero-order valence-corrected chi connectivity index (χ0v) is 9.79. The summed E-state index contributed by atoms with van der Waals surface area (Å²) in [6.45, 7) is 8.64. The molecule has 2 fully saturated rings. The van der Waals surface area contributed by atoms with E-state index in [2.05, 4.69) is 30.1 Å². The van der Waals surface area contributed by atoms with Gasteiger partial charge in [-0.05, 0) is 32.7 Å². The van der Waals surface area contributed by atoms with Gasteiger partial charge in [0.1, 0.15) is 0 Å². The largest absolute Gasteiger partial charge is 0.296 e. The highest BCUT2D eigenvalue weighted by Gasteiger charge is 2.30. The van der Waals surface area contributed by atoms with Crippen LogP contribution in [0.15, 0.2) is 23.8 Å². The van der Waals surface area contributed by atoms with Gasteiger partial charge in [-0.25, -0.2) is 0 Å². The fourth-order valence-electron chi connectivity index (χ4n) is 2.32. The van der Waals surface area contributed by atoms with Gasteiger partial charge in [-0.1, -0.05) is 52.5 Å². The standard InChI is InChI=1S/C11H17N.C2H6.2CH4/c1-2-3-5-10-8-11-6-4-7-12(11)9-10;1-2;;/h2-3,5,11H,4,6-9H2,1H3;1-2H3;2*1H4/b3-2-,10-5-;;;. The fourth-order valence-corrected chi connectivity index (χ4v) is 2.32. The number of hydrogen-bond acceptors (Lipinski definition) is 1. The zero-order chi connectivity index (χ0) is 10.4. The molecule has 0 aromatic carbocycles. The Hall–Kier alpha value is -0.560. The molecular weight excluding hydrogens is 194 g/mol. The van der Waals surface area contributed by atoms with Crippen LogP contribution in [0.25, 0.3) is 0 Å². The summed E-state index contributed by atoms with van der Waals surface area (Å²) in [5.41, 5.74) is 1.62. The van der Waals surface area contributed by atoms with E-state index in [0.717, 1.165) is 6.04 Å². The van der Waals surface area contributed by atoms with E-state index in [9.17, 15) is 0 Å². The summed E-state index contributed by atoms with van der Waals surface area (Å²) in [4.78, 5) is 2.62. The summed E-state index contributed by atoms with van der Waals surface area (Å²) in [5, 5.41) is 0. The monoisotopic (exact) mass is 225 g/mol. The molecule has 2 rings (SSSR count). The van der Waals surface area contributed by atoms with E-state index in [1.54, 1.807) is 5.57 Å². The molecular formula is C15H31N. The van der Waals surface area contributed by atoms with Crippen molar-refractivity contribution in [3.63, 3.8) is 0 Å². The van der Waals surface area contributed by atoms with E-state index in [1.165, 1.54) is 32.4 Å². The second-order valence-corrected chi connectivity index (χ2v) is 3.82. The molecule has 2 heterocycles. The van der Waals surface area contributed by atoms with Gasteiger partial charge in [0.15, 0.2) is 0 Å². The molecule has 1 atom stereocenters. The molecule has 0 N–H and O–H groups in total. The number of rotatable bonds is 1. The van der Waals surface area contributed by atoms with Crippen LogP contribution in [0.5, 0.6) is 0 Å². The van der Waals surface area contributed by atoms with Gasteiger partial charge in [-0.2, -0.15) is 0 Å². The molecule has 2 saturated heterocycles. The lowest BCUT2D eigenvalue weighted by Crippen LogP contribution is -2.21. The van der Waals surface area contributed by atoms with Crippen molar-refractivity contribution in [2.75, 3.05) is 13.1 Å². The first-order valence-corrected chi connectivity index (χ1v) is 5.95. The Morgan fingerprint density at radius 3 is 2.50 bits per heavy atom. The molecule has 0 radical (unpaired) electrons. The molecule has 1 nitrogen and oxygen atoms in total. The van der Waals surface area contributed by atoms with Gasteiger partial charge in [0.2, 0.25) is 0 Å². The number of allylic oxidation sites excluding steroid dienone is 3. The minimum atomic E-state index is 0. The van der Waals surface area contributed by atoms with Crippen LogP contribution in [-0.4, -0.2) is 24.0 Å². The summed E-state index contributed by atoms with van der Waals surface area (Å²) >= 11 is 0. The lowest BCUT2D eigenvalue weighted by molar-refractivity contribution is 0.327. The Morgan fingerprint density at radius 2 is 1.94 bits per heavy atom. The van der Waals surface area contributed by atoms with Crippen LogP contribution in [0.3, 0.4) is 0 Å². The summed E-state index contributed by atoms with van der Waals surface area (Å²) in [5.74, 6) is 0. The van der Waals surface area contributed by atoms with Crippen molar-refractivity contribution >= 4 is 0 Å². The Balaban J connectivity index is 0. The zero-order valence-electron chi connectivity index (χ0n) is 9.79. The predicted octanol–water partition coefficient (Wildman–Crippen LogP) is 4.66. The lowest BCUT2D eigenvalue weighted by Gasteiger charge is -2.11. The molecule has 1 heteroatoms. The third-order valence-electron chi connectivity index (χ3n) is 2.93. The average molecular weight is 225 g/mol. The predicted molar refractivity (Wildman–Crippen MR) is 76.9 cm³/mol. The van der Waals surface area contributed by atoms with E-state index >= 15 is 0 Å². The quantitative estimate of drug-likeness (QED) is 0.627. The molecule has 0 amide bonds. The smallest absolute Gasteiger partial charge is 0.0199 e. The van der Waals surface area contributed by atoms with Crippen LogP contribution in [0.4, 0.5) is 0 Å². The van der Waals surface area contributed by atoms with Gasteiger partial charge in [0, 0.05) is 12.6 Å². The van der Waals surface area contributed by atoms with E-state index in [-0.39, 0.29) is 14.9 Å². The molecule has 0 saturated carbocycles. The highest BCUT2D eigenvalue weighted by molar-refractivity contribution is 5.19. The number of nitrogens with zero attached hydrogens (tertiary/aromatic N) is 1. The molecule has 0 aromatic heterocycles. The minimum Gasteiger partial charge on any atom is -0.296 e. The first-order valence-electron chi connectivity index (χ1n) is 5.95. The van der Waals surface area contributed by atoms with Crippen LogP contribution in [0.1, 0.15) is 54.9 Å². The van der Waals surface area contributed by atoms with Crippen molar-refractivity contribution in [3.8, 4) is 0 Å². The third-order valence-corrected chi connectivity index (χ3v) is 2.93. The highest BCUT2D eigenvalue weighted by atomic mass is 15.2. The summed E-state index contributed by atoms with van der Waals surface area (Å²) < 4.78 is 0. The normalized spacial score (nSPS) is 25.7. The topological polar surface area (TPSA) is 3.24 Å². The van der Waals surface area contributed by atoms with Gasteiger partial charge in [0.05, 0.1) is 0 Å². The molecule has 0 spiro atoms. The molecule has 1 unspecified atom stereocenters. The van der Waals surface area contributed by atoms with Crippen molar-refractivity contribution < 1.29 is 0 Å². The maximum Gasteiger partial charge on any atom is 0.0199 e. The molecule has 2 aliphatic heterocycles. The Labute approximate surface area is 103 Å². The number of fused-ring (bicyclic) bond motifs is 1. The molecule has 0 bridgehead atoms. The third kappa shape index (κ3) is 4.52. The summed E-state index contributed by atoms with van der Waals surface area (Å²) in [7, 11) is 0. The minimum absolute atomic E-state index is 0. The van der Waals surface area contributed by atoms with Crippen molar-refractivity contribution in [2.45, 2.75) is 60.9 Å². The number of hydrogen-bond donors (Lipinski definition) is 0. The van der Waals surface area contributed by atoms with Crippen molar-refractivity contribution in [2.24, 2.45) is 0 Å². The second-order valence-electron chi connectivity index (χ2n) is 3.82. The van der Waals surface area contributed by atoms with Gasteiger partial charge >= 0.3 is 0 Å². The highest BCUT2D eigenvalue weighted by Crippen LogP contribution is 2.30. The van der Waals surface area contributed by atoms with Crippen LogP contribution < -0.4 is 0 Å². The Bertz CT molecular complexity index is 201. The average Bonchev–Trinajstić information content (AvgIpc) is 2.77. The first kappa shape index (κ1) is 17.8. The van der Waals surface area contributed by atoms with Gasteiger partial charge < -0.3 is 0 Å². The maximum absolute atomic E-state index is 2.62. The van der Waals surface area contributed by atoms with E-state index in [0.29, 0.717) is 0 Å². The molecule has 16 heavy (non-hydrogen) atoms. The summed E-state index contributed by atoms with van der Waals surface area (Å²) in [6, 6.07) is 0.890. The first-order chi connectivity index (χ1) is 6.90. The summed E-state index contributed by atoms with van der Waals surface area (Å²) in [6.07, 6.45) is 10.7. The molecule has 96 valence electrons. The van der Waals surface area contributed by atoms with E-state index < -0.39 is 0 Å². The van der Waals surface area contributed by atoms with Crippen LogP contribution in [-0.2, 0) is 0 Å². The van der Waals surface area contributed by atoms with Crippen molar-refractivity contribution in [1.82, 2.24) is 4.90 Å². The van der Waals surface area contributed by atoms with Crippen LogP contribution >= 0.6 is 0 Å². The van der Waals surface area contributed by atoms with Gasteiger partial charge in [0.25, 0.3) is 0 Å². The SMILES string of the molecule is C.C.C/C=C\C=C1\CC2CCCN2C1.CC. The molecule has 0 aliphatic carbocycles. The van der Waals surface area contributed by atoms with Crippen molar-refractivity contribution in [1.29, 1.82) is 0 Å². The lowest BCUT2D eigenvalue weighted by atomic mass is 10.1. The van der Waals surface area contributed by atoms with E-state index in [4.69, 9.17) is 0 Å².